The minimum atomic E-state index is 0.720. The molecule has 0 spiro atoms. The smallest absolute Gasteiger partial charge is 0.119 e. The van der Waals surface area contributed by atoms with Gasteiger partial charge in [0.15, 0.2) is 0 Å². The molecule has 2 aliphatic rings. The molecule has 3 aromatic carbocycles. The predicted octanol–water partition coefficient (Wildman–Crippen LogP) is 28.3. The van der Waals surface area contributed by atoms with Crippen LogP contribution in [0.2, 0.25) is 0 Å². The number of fused-ring (bicyclic) bond motifs is 8. The second-order valence-corrected chi connectivity index (χ2v) is 28.6. The molecule has 99 heavy (non-hydrogen) atoms. The molecule has 7 aromatic rings. The van der Waals surface area contributed by atoms with E-state index in [2.05, 4.69) is 169 Å². The van der Waals surface area contributed by atoms with E-state index >= 15 is 0 Å². The summed E-state index contributed by atoms with van der Waals surface area (Å²) in [7, 11) is 0. The van der Waals surface area contributed by atoms with Gasteiger partial charge in [-0.2, -0.15) is 0 Å². The zero-order chi connectivity index (χ0) is 68.4. The topological polar surface area (TPSA) is 97.9 Å². The van der Waals surface area contributed by atoms with Crippen molar-refractivity contribution in [2.75, 3.05) is 19.8 Å². The number of unbranched alkanes of at least 4 members (excludes halogenated alkanes) is 39. The summed E-state index contributed by atoms with van der Waals surface area (Å²) >= 11 is 0. The summed E-state index contributed by atoms with van der Waals surface area (Å²) in [4.78, 5) is 23.6. The van der Waals surface area contributed by atoms with Crippen LogP contribution in [0.25, 0.3) is 90.9 Å². The summed E-state index contributed by atoms with van der Waals surface area (Å²) in [6.45, 7) is 9.06. The van der Waals surface area contributed by atoms with Gasteiger partial charge in [-0.1, -0.05) is 308 Å². The molecule has 8 heteroatoms. The molecular formula is C91H125N5O3. The Bertz CT molecular complexity index is 3500. The van der Waals surface area contributed by atoms with E-state index < -0.39 is 0 Å². The fourth-order valence-corrected chi connectivity index (χ4v) is 14.6. The maximum atomic E-state index is 6.44. The number of rotatable bonds is 52. The van der Waals surface area contributed by atoms with Gasteiger partial charge < -0.3 is 24.2 Å². The summed E-state index contributed by atoms with van der Waals surface area (Å²) in [6.07, 6.45) is 68.7. The van der Waals surface area contributed by atoms with Gasteiger partial charge in [0.25, 0.3) is 0 Å². The van der Waals surface area contributed by atoms with Crippen molar-refractivity contribution in [2.45, 2.75) is 290 Å². The molecule has 8 nitrogen and oxygen atoms in total. The van der Waals surface area contributed by atoms with Gasteiger partial charge in [-0.05, 0) is 139 Å². The van der Waals surface area contributed by atoms with E-state index in [1.807, 2.05) is 12.4 Å². The van der Waals surface area contributed by atoms with Crippen molar-refractivity contribution in [1.82, 2.24) is 24.9 Å². The minimum Gasteiger partial charge on any atom is -0.494 e. The van der Waals surface area contributed by atoms with Gasteiger partial charge in [0.05, 0.1) is 42.6 Å². The molecule has 4 aromatic heterocycles. The Morgan fingerprint density at radius 1 is 0.232 bits per heavy atom. The molecule has 0 atom stereocenters. The first-order valence-corrected chi connectivity index (χ1v) is 40.4. The monoisotopic (exact) mass is 1340 g/mol. The zero-order valence-electron chi connectivity index (χ0n) is 61.7. The van der Waals surface area contributed by atoms with Crippen molar-refractivity contribution >= 4 is 46.4 Å². The third kappa shape index (κ3) is 26.1. The van der Waals surface area contributed by atoms with E-state index in [0.29, 0.717) is 0 Å². The summed E-state index contributed by atoms with van der Waals surface area (Å²) in [6, 6.07) is 38.9. The fourth-order valence-electron chi connectivity index (χ4n) is 14.6. The molecule has 0 radical (unpaired) electrons. The third-order valence-corrected chi connectivity index (χ3v) is 20.5. The lowest BCUT2D eigenvalue weighted by molar-refractivity contribution is 0.304. The second-order valence-electron chi connectivity index (χ2n) is 28.6. The molecule has 8 bridgehead atoms. The summed E-state index contributed by atoms with van der Waals surface area (Å²) in [5, 5.41) is 0. The molecule has 0 unspecified atom stereocenters. The molecule has 2 N–H and O–H groups in total. The van der Waals surface area contributed by atoms with E-state index in [0.717, 1.165) is 146 Å². The summed E-state index contributed by atoms with van der Waals surface area (Å²) in [5.74, 6) is 2.66. The Morgan fingerprint density at radius 2 is 0.434 bits per heavy atom. The minimum absolute atomic E-state index is 0.720. The van der Waals surface area contributed by atoms with Gasteiger partial charge in [0.1, 0.15) is 17.2 Å². The number of hydrogen-bond donors (Lipinski definition) is 2. The molecule has 0 saturated heterocycles. The first-order valence-electron chi connectivity index (χ1n) is 40.4. The van der Waals surface area contributed by atoms with Crippen LogP contribution in [0.5, 0.6) is 17.2 Å². The number of H-pyrrole nitrogens is 2. The standard InChI is InChI=1S/C91H125N5O3/c1-4-7-10-13-16-19-22-25-28-31-34-37-40-43-70-97-77-52-46-73(47-53-77)88-80-58-60-82(93-80)89(74-48-54-78(55-49-74)98-71-44-41-38-35-32-29-26-23-20-17-14-11-8-5-2)84-62-64-86(95-84)91(76-66-68-92-69-67-76)87-65-63-85(96-87)90(83-61-59-81(88)94-83)75-50-56-79(57-51-75)99-72-45-42-39-36-33-30-27-24-21-18-15-12-9-6-3/h46-69,93,96H,4-45,70-72H2,1-3H3. The Balaban J connectivity index is 0.942. The Labute approximate surface area is 598 Å². The molecule has 2 aliphatic heterocycles. The Morgan fingerprint density at radius 3 is 0.657 bits per heavy atom. The molecule has 0 aliphatic carbocycles. The van der Waals surface area contributed by atoms with Crippen molar-refractivity contribution in [3.05, 3.63) is 144 Å². The third-order valence-electron chi connectivity index (χ3n) is 20.5. The van der Waals surface area contributed by atoms with Crippen LogP contribution in [0.3, 0.4) is 0 Å². The van der Waals surface area contributed by atoms with Crippen molar-refractivity contribution in [3.8, 4) is 61.8 Å². The van der Waals surface area contributed by atoms with Crippen molar-refractivity contribution in [3.63, 3.8) is 0 Å². The Hall–Kier alpha value is -7.19. The normalized spacial score (nSPS) is 11.9. The van der Waals surface area contributed by atoms with E-state index in [4.69, 9.17) is 24.2 Å². The molecule has 9 rings (SSSR count). The molecule has 0 amide bonds. The van der Waals surface area contributed by atoms with E-state index in [1.165, 1.54) is 250 Å². The number of nitrogens with one attached hydrogen (secondary N) is 2. The SMILES string of the molecule is CCCCCCCCCCCCCCCCOc1ccc(-c2c3nc(c(-c4ccc(OCCCCCCCCCCCCCCCC)cc4)c4ccc([nH]4)c(-c4ccc(OCCCCCCCCCCCCCCCC)cc4)c4nc(c(-c5ccncc5)c5ccc2[nH]5)C=C4)C=C3)cc1. The van der Waals surface area contributed by atoms with Crippen LogP contribution >= 0.6 is 0 Å². The lowest BCUT2D eigenvalue weighted by atomic mass is 10.0. The van der Waals surface area contributed by atoms with Crippen molar-refractivity contribution in [1.29, 1.82) is 0 Å². The van der Waals surface area contributed by atoms with Gasteiger partial charge in [-0.25, -0.2) is 9.97 Å². The largest absolute Gasteiger partial charge is 0.494 e. The lowest BCUT2D eigenvalue weighted by Crippen LogP contribution is -1.97. The number of aromatic amines is 2. The highest BCUT2D eigenvalue weighted by atomic mass is 16.5. The first-order chi connectivity index (χ1) is 49.1. The molecule has 0 saturated carbocycles. The number of pyridine rings is 1. The van der Waals surface area contributed by atoms with Crippen LogP contribution in [-0.2, 0) is 0 Å². The van der Waals surface area contributed by atoms with E-state index in [1.54, 1.807) is 0 Å². The molecule has 6 heterocycles. The number of nitrogens with zero attached hydrogens (tertiary/aromatic N) is 3. The number of aromatic nitrogens is 5. The zero-order valence-corrected chi connectivity index (χ0v) is 61.7. The average Bonchev–Trinajstić information content (AvgIpc) is 1.63. The maximum absolute atomic E-state index is 6.44. The van der Waals surface area contributed by atoms with Gasteiger partial charge in [0, 0.05) is 56.7 Å². The first kappa shape index (κ1) is 76.0. The molecule has 532 valence electrons. The quantitative estimate of drug-likeness (QED) is 0.0369. The average molecular weight is 1340 g/mol. The summed E-state index contributed by atoms with van der Waals surface area (Å²) < 4.78 is 19.3. The summed E-state index contributed by atoms with van der Waals surface area (Å²) in [5.41, 5.74) is 15.5. The van der Waals surface area contributed by atoms with E-state index in [-0.39, 0.29) is 0 Å². The van der Waals surface area contributed by atoms with Crippen molar-refractivity contribution in [2.24, 2.45) is 0 Å². The van der Waals surface area contributed by atoms with Gasteiger partial charge >= 0.3 is 0 Å². The highest BCUT2D eigenvalue weighted by Gasteiger charge is 2.20. The van der Waals surface area contributed by atoms with Gasteiger partial charge in [0.2, 0.25) is 0 Å². The lowest BCUT2D eigenvalue weighted by Gasteiger charge is -2.10. The fraction of sp³-hybridized carbons (Fsp3) is 0.527. The van der Waals surface area contributed by atoms with Crippen LogP contribution in [0.15, 0.2) is 122 Å². The number of hydrogen-bond acceptors (Lipinski definition) is 6. The van der Waals surface area contributed by atoms with Gasteiger partial charge in [-0.3, -0.25) is 4.98 Å². The molecule has 0 fully saturated rings. The van der Waals surface area contributed by atoms with Crippen LogP contribution < -0.4 is 14.2 Å². The highest BCUT2D eigenvalue weighted by Crippen LogP contribution is 2.40. The second kappa shape index (κ2) is 45.5. The van der Waals surface area contributed by atoms with Gasteiger partial charge in [-0.15, -0.1) is 0 Å². The van der Waals surface area contributed by atoms with Crippen LogP contribution in [-0.4, -0.2) is 44.7 Å². The van der Waals surface area contributed by atoms with E-state index in [9.17, 15) is 0 Å². The van der Waals surface area contributed by atoms with Crippen LogP contribution in [0, 0.1) is 0 Å². The maximum Gasteiger partial charge on any atom is 0.119 e. The van der Waals surface area contributed by atoms with Crippen molar-refractivity contribution < 1.29 is 14.2 Å². The predicted molar refractivity (Wildman–Crippen MR) is 426 cm³/mol. The molecular weight excluding hydrogens is 1210 g/mol. The van der Waals surface area contributed by atoms with Crippen LogP contribution in [0.1, 0.15) is 313 Å². The number of ether oxygens (including phenoxy) is 3. The highest BCUT2D eigenvalue weighted by molar-refractivity contribution is 6.00. The van der Waals surface area contributed by atoms with Crippen LogP contribution in [0.4, 0.5) is 0 Å². The number of benzene rings is 3. The Kier molecular flexibility index (Phi) is 35.0.